The summed E-state index contributed by atoms with van der Waals surface area (Å²) in [7, 11) is -3.21. The smallest absolute Gasteiger partial charge is 0.330 e. The summed E-state index contributed by atoms with van der Waals surface area (Å²) in [6.45, 7) is 3.07. The fourth-order valence-corrected chi connectivity index (χ4v) is 5.81. The zero-order valence-corrected chi connectivity index (χ0v) is 20.3. The van der Waals surface area contributed by atoms with Crippen molar-refractivity contribution in [2.45, 2.75) is 25.7 Å². The van der Waals surface area contributed by atoms with E-state index in [2.05, 4.69) is 0 Å². The molecule has 6 nitrogen and oxygen atoms in total. The molecule has 0 N–H and O–H groups in total. The van der Waals surface area contributed by atoms with Gasteiger partial charge in [0.05, 0.1) is 18.6 Å². The predicted molar refractivity (Wildman–Crippen MR) is 130 cm³/mol. The number of pyridine rings is 1. The summed E-state index contributed by atoms with van der Waals surface area (Å²) < 4.78 is 30.6. The van der Waals surface area contributed by atoms with Crippen molar-refractivity contribution in [1.82, 2.24) is 9.29 Å². The number of sulfonamides is 1. The Kier molecular flexibility index (Phi) is 7.02. The minimum Gasteiger partial charge on any atom is -0.463 e. The van der Waals surface area contributed by atoms with Gasteiger partial charge in [0.2, 0.25) is 10.0 Å². The van der Waals surface area contributed by atoms with Crippen LogP contribution in [0.4, 0.5) is 0 Å². The first kappa shape index (κ1) is 23.7. The monoisotopic (exact) mass is 486 g/mol. The average Bonchev–Trinajstić information content (AvgIpc) is 2.91. The van der Waals surface area contributed by atoms with E-state index in [1.165, 1.54) is 12.3 Å². The molecule has 8 heteroatoms. The Morgan fingerprint density at radius 1 is 1.27 bits per heavy atom. The molecule has 0 radical (unpaired) electrons. The van der Waals surface area contributed by atoms with Gasteiger partial charge in [0.15, 0.2) is 0 Å². The molecule has 174 valence electrons. The first-order valence-electron chi connectivity index (χ1n) is 11.0. The number of fused-ring (bicyclic) bond motifs is 2. The molecule has 1 aromatic heterocycles. The molecule has 0 bridgehead atoms. The summed E-state index contributed by atoms with van der Waals surface area (Å²) in [4.78, 5) is 16.8. The number of nitrogens with zero attached hydrogens (tertiary/aromatic N) is 2. The summed E-state index contributed by atoms with van der Waals surface area (Å²) in [5.74, 6) is -0.192. The van der Waals surface area contributed by atoms with E-state index in [1.807, 2.05) is 36.4 Å². The van der Waals surface area contributed by atoms with Crippen molar-refractivity contribution >= 4 is 39.2 Å². The van der Waals surface area contributed by atoms with Crippen molar-refractivity contribution in [2.75, 3.05) is 26.0 Å². The third-order valence-electron chi connectivity index (χ3n) is 6.26. The van der Waals surface area contributed by atoms with Gasteiger partial charge in [0, 0.05) is 41.9 Å². The molecule has 33 heavy (non-hydrogen) atoms. The van der Waals surface area contributed by atoms with Gasteiger partial charge in [0.25, 0.3) is 0 Å². The number of piperidine rings is 1. The summed E-state index contributed by atoms with van der Waals surface area (Å²) in [6, 6.07) is 9.75. The molecule has 4 rings (SSSR count). The lowest BCUT2D eigenvalue weighted by atomic mass is 9.76. The lowest BCUT2D eigenvalue weighted by molar-refractivity contribution is -0.137. The Hall–Kier alpha value is -2.48. The molecule has 2 aromatic rings. The molecule has 1 unspecified atom stereocenters. The van der Waals surface area contributed by atoms with Gasteiger partial charge in [0.1, 0.15) is 0 Å². The van der Waals surface area contributed by atoms with Crippen LogP contribution in [0.1, 0.15) is 48.1 Å². The highest BCUT2D eigenvalue weighted by atomic mass is 35.5. The topological polar surface area (TPSA) is 76.6 Å². The highest BCUT2D eigenvalue weighted by Crippen LogP contribution is 2.45. The van der Waals surface area contributed by atoms with E-state index in [-0.39, 0.29) is 11.8 Å². The first-order valence-corrected chi connectivity index (χ1v) is 13.3. The molecule has 2 heterocycles. The van der Waals surface area contributed by atoms with Crippen molar-refractivity contribution in [3.8, 4) is 0 Å². The Balaban J connectivity index is 1.79. The SMILES string of the molecule is CCOC(=O)C=CC1=Cc2cc(Cl)ccc2C(C2CCN(S(C)(=O)=O)CC2)c2ncccc21. The molecule has 0 saturated carbocycles. The maximum absolute atomic E-state index is 12.0. The normalized spacial score (nSPS) is 19.5. The number of aromatic nitrogens is 1. The number of rotatable bonds is 5. The van der Waals surface area contributed by atoms with E-state index >= 15 is 0 Å². The van der Waals surface area contributed by atoms with Gasteiger partial charge in [-0.3, -0.25) is 4.98 Å². The molecule has 0 amide bonds. The second-order valence-corrected chi connectivity index (χ2v) is 10.8. The van der Waals surface area contributed by atoms with Gasteiger partial charge >= 0.3 is 5.97 Å². The average molecular weight is 487 g/mol. The number of esters is 1. The standard InChI is InChI=1S/C25H27ClN2O4S/c1-3-32-23(29)9-6-18-15-19-16-20(26)7-8-21(19)24(25-22(18)5-4-12-27-25)17-10-13-28(14-11-17)33(2,30)31/h4-9,12,15-17,24H,3,10-11,13-14H2,1-2H3. The number of hydrogen-bond acceptors (Lipinski definition) is 5. The highest BCUT2D eigenvalue weighted by molar-refractivity contribution is 7.88. The van der Waals surface area contributed by atoms with E-state index in [9.17, 15) is 13.2 Å². The minimum atomic E-state index is -3.21. The maximum atomic E-state index is 12.0. The fraction of sp³-hybridized carbons (Fsp3) is 0.360. The predicted octanol–water partition coefficient (Wildman–Crippen LogP) is 4.51. The molecule has 0 spiro atoms. The van der Waals surface area contributed by atoms with Gasteiger partial charge in [-0.15, -0.1) is 0 Å². The summed E-state index contributed by atoms with van der Waals surface area (Å²) >= 11 is 6.35. The van der Waals surface area contributed by atoms with Crippen LogP contribution in [0.3, 0.4) is 0 Å². The Morgan fingerprint density at radius 2 is 2.03 bits per heavy atom. The van der Waals surface area contributed by atoms with Crippen LogP contribution in [0.2, 0.25) is 5.02 Å². The van der Waals surface area contributed by atoms with Crippen LogP contribution in [0.25, 0.3) is 11.6 Å². The van der Waals surface area contributed by atoms with E-state index < -0.39 is 16.0 Å². The van der Waals surface area contributed by atoms with Crippen molar-refractivity contribution in [3.05, 3.63) is 76.1 Å². The van der Waals surface area contributed by atoms with Crippen LogP contribution < -0.4 is 0 Å². The molecule has 1 atom stereocenters. The third-order valence-corrected chi connectivity index (χ3v) is 7.80. The van der Waals surface area contributed by atoms with Gasteiger partial charge in [-0.05, 0) is 72.7 Å². The summed E-state index contributed by atoms with van der Waals surface area (Å²) in [5.41, 5.74) is 4.80. The zero-order chi connectivity index (χ0) is 23.6. The molecular formula is C25H27ClN2O4S. The van der Waals surface area contributed by atoms with Crippen LogP contribution in [-0.4, -0.2) is 49.6 Å². The van der Waals surface area contributed by atoms with Crippen LogP contribution in [0.5, 0.6) is 0 Å². The first-order chi connectivity index (χ1) is 15.8. The molecule has 1 fully saturated rings. The van der Waals surface area contributed by atoms with Crippen LogP contribution >= 0.6 is 11.6 Å². The van der Waals surface area contributed by atoms with Gasteiger partial charge < -0.3 is 4.74 Å². The van der Waals surface area contributed by atoms with Gasteiger partial charge in [-0.1, -0.05) is 23.7 Å². The number of hydrogen-bond donors (Lipinski definition) is 0. The van der Waals surface area contributed by atoms with Crippen molar-refractivity contribution in [3.63, 3.8) is 0 Å². The Morgan fingerprint density at radius 3 is 2.73 bits per heavy atom. The number of allylic oxidation sites excluding steroid dienone is 2. The number of benzene rings is 1. The van der Waals surface area contributed by atoms with Crippen molar-refractivity contribution in [2.24, 2.45) is 5.92 Å². The quantitative estimate of drug-likeness (QED) is 0.459. The third kappa shape index (κ3) is 5.21. The fourth-order valence-electron chi connectivity index (χ4n) is 4.76. The van der Waals surface area contributed by atoms with Gasteiger partial charge in [-0.2, -0.15) is 0 Å². The van der Waals surface area contributed by atoms with E-state index in [0.717, 1.165) is 40.8 Å². The zero-order valence-electron chi connectivity index (χ0n) is 18.7. The summed E-state index contributed by atoms with van der Waals surface area (Å²) in [5, 5.41) is 0.628. The number of ether oxygens (including phenoxy) is 1. The highest BCUT2D eigenvalue weighted by Gasteiger charge is 2.35. The molecule has 1 saturated heterocycles. The lowest BCUT2D eigenvalue weighted by Crippen LogP contribution is -2.39. The Labute approximate surface area is 200 Å². The van der Waals surface area contributed by atoms with Crippen LogP contribution in [0.15, 0.2) is 48.7 Å². The van der Waals surface area contributed by atoms with Crippen LogP contribution in [0, 0.1) is 5.92 Å². The molecule has 1 aromatic carbocycles. The molecule has 1 aliphatic carbocycles. The molecule has 1 aliphatic heterocycles. The van der Waals surface area contributed by atoms with Gasteiger partial charge in [-0.25, -0.2) is 17.5 Å². The minimum absolute atomic E-state index is 0.0140. The second-order valence-electron chi connectivity index (χ2n) is 8.37. The van der Waals surface area contributed by atoms with Crippen LogP contribution in [-0.2, 0) is 19.6 Å². The van der Waals surface area contributed by atoms with E-state index in [4.69, 9.17) is 21.3 Å². The second kappa shape index (κ2) is 9.79. The summed E-state index contributed by atoms with van der Waals surface area (Å²) in [6.07, 6.45) is 9.75. The van der Waals surface area contributed by atoms with Crippen molar-refractivity contribution < 1.29 is 17.9 Å². The van der Waals surface area contributed by atoms with E-state index in [1.54, 1.807) is 23.5 Å². The van der Waals surface area contributed by atoms with Crippen molar-refractivity contribution in [1.29, 1.82) is 0 Å². The molecule has 2 aliphatic rings. The van der Waals surface area contributed by atoms with E-state index in [0.29, 0.717) is 24.7 Å². The largest absolute Gasteiger partial charge is 0.463 e. The number of carbonyl (C=O) groups excluding carboxylic acids is 1. The number of halogens is 1. The molecular weight excluding hydrogens is 460 g/mol. The number of carbonyl (C=O) groups is 1. The maximum Gasteiger partial charge on any atom is 0.330 e. The lowest BCUT2D eigenvalue weighted by Gasteiger charge is -2.35. The Bertz CT molecular complexity index is 1210.